The Labute approximate surface area is 229 Å². The smallest absolute Gasteiger partial charge is 0.490 e. The molecule has 0 aliphatic carbocycles. The van der Waals surface area contributed by atoms with Crippen LogP contribution in [0, 0.1) is 6.92 Å². The van der Waals surface area contributed by atoms with Crippen molar-refractivity contribution < 1.29 is 27.8 Å². The fourth-order valence-corrected chi connectivity index (χ4v) is 4.11. The predicted octanol–water partition coefficient (Wildman–Crippen LogP) is 7.14. The first-order valence-electron chi connectivity index (χ1n) is 12.4. The average Bonchev–Trinajstić information content (AvgIpc) is 3.40. The van der Waals surface area contributed by atoms with Crippen molar-refractivity contribution in [3.8, 4) is 28.3 Å². The van der Waals surface area contributed by atoms with Gasteiger partial charge in [-0.05, 0) is 65.1 Å². The molecular formula is C31H28F3N3O3. The maximum Gasteiger partial charge on any atom is 0.490 e. The minimum absolute atomic E-state index is 0.808. The number of hydrogen-bond acceptors (Lipinski definition) is 4. The highest BCUT2D eigenvalue weighted by Crippen LogP contribution is 2.28. The van der Waals surface area contributed by atoms with E-state index in [1.165, 1.54) is 27.8 Å². The number of para-hydroxylation sites is 1. The molecule has 0 aliphatic heterocycles. The Bertz CT molecular complexity index is 1600. The zero-order valence-electron chi connectivity index (χ0n) is 21.9. The van der Waals surface area contributed by atoms with Crippen LogP contribution in [-0.2, 0) is 17.9 Å². The molecule has 9 heteroatoms. The minimum Gasteiger partial charge on any atom is -0.497 e. The molecule has 40 heavy (non-hydrogen) atoms. The topological polar surface area (TPSA) is 87.2 Å². The van der Waals surface area contributed by atoms with E-state index in [4.69, 9.17) is 19.6 Å². The van der Waals surface area contributed by atoms with Gasteiger partial charge in [0.15, 0.2) is 0 Å². The van der Waals surface area contributed by atoms with Crippen molar-refractivity contribution in [1.29, 1.82) is 0 Å². The summed E-state index contributed by atoms with van der Waals surface area (Å²) in [5.74, 6) is -0.975. The van der Waals surface area contributed by atoms with Crippen LogP contribution in [-0.4, -0.2) is 34.3 Å². The van der Waals surface area contributed by atoms with Gasteiger partial charge in [-0.25, -0.2) is 9.78 Å². The minimum atomic E-state index is -5.08. The molecule has 0 bridgehead atoms. The number of fused-ring (bicyclic) bond motifs is 1. The summed E-state index contributed by atoms with van der Waals surface area (Å²) in [4.78, 5) is 17.2. The second kappa shape index (κ2) is 12.5. The van der Waals surface area contributed by atoms with Crippen LogP contribution in [0.2, 0.25) is 0 Å². The number of nitrogens with one attached hydrogen (secondary N) is 2. The summed E-state index contributed by atoms with van der Waals surface area (Å²) in [7, 11) is 1.69. The molecule has 0 saturated heterocycles. The number of aryl methyl sites for hydroxylation is 1. The third kappa shape index (κ3) is 7.27. The van der Waals surface area contributed by atoms with E-state index in [0.717, 1.165) is 41.3 Å². The van der Waals surface area contributed by atoms with E-state index < -0.39 is 12.1 Å². The fraction of sp³-hybridized carbons (Fsp3) is 0.161. The van der Waals surface area contributed by atoms with Gasteiger partial charge in [0.05, 0.1) is 18.1 Å². The van der Waals surface area contributed by atoms with Gasteiger partial charge in [-0.2, -0.15) is 13.2 Å². The average molecular weight is 548 g/mol. The monoisotopic (exact) mass is 547 g/mol. The Morgan fingerprint density at radius 2 is 1.48 bits per heavy atom. The first-order chi connectivity index (χ1) is 19.1. The Kier molecular flexibility index (Phi) is 8.86. The number of carboxylic acid groups (broad SMARTS) is 1. The largest absolute Gasteiger partial charge is 0.497 e. The number of aromatic amines is 1. The summed E-state index contributed by atoms with van der Waals surface area (Å²) >= 11 is 0. The summed E-state index contributed by atoms with van der Waals surface area (Å²) in [5.41, 5.74) is 9.25. The Morgan fingerprint density at radius 3 is 2.12 bits per heavy atom. The molecule has 0 amide bonds. The van der Waals surface area contributed by atoms with Crippen LogP contribution in [0.3, 0.4) is 0 Å². The van der Waals surface area contributed by atoms with Crippen LogP contribution in [0.4, 0.5) is 13.2 Å². The van der Waals surface area contributed by atoms with Crippen molar-refractivity contribution in [1.82, 2.24) is 15.3 Å². The lowest BCUT2D eigenvalue weighted by Gasteiger charge is -2.09. The lowest BCUT2D eigenvalue weighted by Crippen LogP contribution is -2.21. The van der Waals surface area contributed by atoms with Crippen LogP contribution < -0.4 is 10.1 Å². The van der Waals surface area contributed by atoms with Crippen molar-refractivity contribution in [2.75, 3.05) is 7.11 Å². The van der Waals surface area contributed by atoms with E-state index in [0.29, 0.717) is 0 Å². The molecule has 3 N–H and O–H groups in total. The maximum atomic E-state index is 10.6. The number of H-pyrrole nitrogens is 1. The molecule has 4 aromatic carbocycles. The van der Waals surface area contributed by atoms with E-state index in [1.807, 2.05) is 12.1 Å². The van der Waals surface area contributed by atoms with Crippen molar-refractivity contribution in [3.05, 3.63) is 108 Å². The molecule has 1 aromatic heterocycles. The summed E-state index contributed by atoms with van der Waals surface area (Å²) < 4.78 is 37.0. The SMILES string of the molecule is COc1ccc(CNCc2cccc(-c3cccc(-c4nc5c(C)cccc5[nH]4)c3)c2)cc1.O=C(O)C(F)(F)F. The molecule has 0 saturated carbocycles. The van der Waals surface area contributed by atoms with Gasteiger partial charge in [0.25, 0.3) is 0 Å². The van der Waals surface area contributed by atoms with Gasteiger partial charge in [-0.3, -0.25) is 0 Å². The van der Waals surface area contributed by atoms with Crippen molar-refractivity contribution in [3.63, 3.8) is 0 Å². The Morgan fingerprint density at radius 1 is 0.875 bits per heavy atom. The van der Waals surface area contributed by atoms with E-state index in [-0.39, 0.29) is 0 Å². The molecule has 0 fully saturated rings. The standard InChI is InChI=1S/C29H27N3O.C2HF3O2/c1-20-6-3-11-27-28(20)32-29(31-27)25-10-5-9-24(17-25)23-8-4-7-22(16-23)19-30-18-21-12-14-26(33-2)15-13-21;3-2(4,5)1(6)7/h3-17,30H,18-19H2,1-2H3,(H,31,32);(H,6,7). The van der Waals surface area contributed by atoms with Crippen molar-refractivity contribution in [2.24, 2.45) is 0 Å². The normalized spacial score (nSPS) is 11.1. The summed E-state index contributed by atoms with van der Waals surface area (Å²) in [6, 6.07) is 31.7. The number of rotatable bonds is 7. The van der Waals surface area contributed by atoms with E-state index >= 15 is 0 Å². The van der Waals surface area contributed by atoms with Crippen molar-refractivity contribution >= 4 is 17.0 Å². The number of halogens is 3. The molecule has 0 unspecified atom stereocenters. The van der Waals surface area contributed by atoms with E-state index in [2.05, 4.69) is 96.1 Å². The third-order valence-corrected chi connectivity index (χ3v) is 6.17. The van der Waals surface area contributed by atoms with Crippen LogP contribution >= 0.6 is 0 Å². The molecule has 0 radical (unpaired) electrons. The lowest BCUT2D eigenvalue weighted by atomic mass is 10.0. The van der Waals surface area contributed by atoms with Gasteiger partial charge in [-0.1, -0.05) is 60.7 Å². The molecule has 0 atom stereocenters. The van der Waals surface area contributed by atoms with Crippen LogP contribution in [0.5, 0.6) is 5.75 Å². The third-order valence-electron chi connectivity index (χ3n) is 6.17. The highest BCUT2D eigenvalue weighted by atomic mass is 19.4. The number of benzene rings is 4. The molecule has 5 rings (SSSR count). The Hall–Kier alpha value is -4.63. The summed E-state index contributed by atoms with van der Waals surface area (Å²) in [6.45, 7) is 3.72. The zero-order chi connectivity index (χ0) is 28.7. The Balaban J connectivity index is 0.000000470. The number of imidazole rings is 1. The zero-order valence-corrected chi connectivity index (χ0v) is 21.9. The van der Waals surface area contributed by atoms with Gasteiger partial charge in [0.2, 0.25) is 0 Å². The number of hydrogen-bond donors (Lipinski definition) is 3. The number of nitrogens with zero attached hydrogens (tertiary/aromatic N) is 1. The molecule has 0 aliphatic rings. The molecule has 206 valence electrons. The number of ether oxygens (including phenoxy) is 1. The van der Waals surface area contributed by atoms with Crippen LogP contribution in [0.1, 0.15) is 16.7 Å². The number of carboxylic acids is 1. The lowest BCUT2D eigenvalue weighted by molar-refractivity contribution is -0.192. The highest BCUT2D eigenvalue weighted by molar-refractivity contribution is 5.83. The number of alkyl halides is 3. The van der Waals surface area contributed by atoms with Gasteiger partial charge >= 0.3 is 12.1 Å². The van der Waals surface area contributed by atoms with Crippen molar-refractivity contribution in [2.45, 2.75) is 26.2 Å². The van der Waals surface area contributed by atoms with Crippen LogP contribution in [0.15, 0.2) is 91.0 Å². The van der Waals surface area contributed by atoms with Gasteiger partial charge < -0.3 is 20.1 Å². The fourth-order valence-electron chi connectivity index (χ4n) is 4.11. The summed E-state index contributed by atoms with van der Waals surface area (Å²) in [6.07, 6.45) is -5.08. The second-order valence-corrected chi connectivity index (χ2v) is 9.09. The van der Waals surface area contributed by atoms with Gasteiger partial charge in [0.1, 0.15) is 11.6 Å². The number of aliphatic carboxylic acids is 1. The quantitative estimate of drug-likeness (QED) is 0.202. The molecule has 0 spiro atoms. The summed E-state index contributed by atoms with van der Waals surface area (Å²) in [5, 5.41) is 10.7. The molecular weight excluding hydrogens is 519 g/mol. The first-order valence-corrected chi connectivity index (χ1v) is 12.4. The molecule has 6 nitrogen and oxygen atoms in total. The van der Waals surface area contributed by atoms with E-state index in [9.17, 15) is 13.2 Å². The maximum absolute atomic E-state index is 10.6. The number of methoxy groups -OCH3 is 1. The second-order valence-electron chi connectivity index (χ2n) is 9.09. The number of carbonyl (C=O) groups is 1. The highest BCUT2D eigenvalue weighted by Gasteiger charge is 2.38. The van der Waals surface area contributed by atoms with Gasteiger partial charge in [0, 0.05) is 18.7 Å². The number of aromatic nitrogens is 2. The van der Waals surface area contributed by atoms with Crippen LogP contribution in [0.25, 0.3) is 33.5 Å². The van der Waals surface area contributed by atoms with E-state index in [1.54, 1.807) is 7.11 Å². The molecule has 5 aromatic rings. The first kappa shape index (κ1) is 28.4. The van der Waals surface area contributed by atoms with Gasteiger partial charge in [-0.15, -0.1) is 0 Å². The molecule has 1 heterocycles. The predicted molar refractivity (Wildman–Crippen MR) is 149 cm³/mol.